The Morgan fingerprint density at radius 2 is 0.925 bits per heavy atom. The highest BCUT2D eigenvalue weighted by Gasteiger charge is 2.22. The Balaban J connectivity index is 1.23. The number of benzene rings is 7. The van der Waals surface area contributed by atoms with E-state index >= 15 is 0 Å². The van der Waals surface area contributed by atoms with Gasteiger partial charge in [-0.2, -0.15) is 0 Å². The summed E-state index contributed by atoms with van der Waals surface area (Å²) in [7, 11) is 0. The maximum atomic E-state index is 6.60. The summed E-state index contributed by atoms with van der Waals surface area (Å²) < 4.78 is 6.60. The highest BCUT2D eigenvalue weighted by Crippen LogP contribution is 2.44. The minimum atomic E-state index is 0.621. The fourth-order valence-electron chi connectivity index (χ4n) is 7.78. The summed E-state index contributed by atoms with van der Waals surface area (Å²) >= 11 is 0. The first-order chi connectivity index (χ1) is 26.3. The zero-order valence-electron chi connectivity index (χ0n) is 28.9. The van der Waals surface area contributed by atoms with Gasteiger partial charge in [0, 0.05) is 21.9 Å². The second-order valence-corrected chi connectivity index (χ2v) is 13.4. The lowest BCUT2D eigenvalue weighted by Crippen LogP contribution is -2.04. The van der Waals surface area contributed by atoms with Crippen molar-refractivity contribution >= 4 is 38.3 Å². The van der Waals surface area contributed by atoms with E-state index in [1.165, 1.54) is 22.3 Å². The first-order valence-corrected chi connectivity index (χ1v) is 18.1. The smallest absolute Gasteiger partial charge is 0.164 e. The van der Waals surface area contributed by atoms with Crippen molar-refractivity contribution in [2.45, 2.75) is 12.8 Å². The summed E-state index contributed by atoms with van der Waals surface area (Å²) in [5.41, 5.74) is 11.5. The number of hydrogen-bond donors (Lipinski definition) is 0. The lowest BCUT2D eigenvalue weighted by atomic mass is 9.91. The average molecular weight is 680 g/mol. The predicted molar refractivity (Wildman–Crippen MR) is 218 cm³/mol. The Hall–Kier alpha value is -6.91. The predicted octanol–water partition coefficient (Wildman–Crippen LogP) is 13.0. The molecule has 0 atom stereocenters. The molecule has 0 bridgehead atoms. The highest BCUT2D eigenvalue weighted by molar-refractivity contribution is 6.18. The van der Waals surface area contributed by atoms with Crippen molar-refractivity contribution in [3.8, 4) is 56.2 Å². The maximum Gasteiger partial charge on any atom is 0.164 e. The van der Waals surface area contributed by atoms with Gasteiger partial charge in [0.15, 0.2) is 17.5 Å². The Morgan fingerprint density at radius 1 is 0.396 bits per heavy atom. The van der Waals surface area contributed by atoms with Crippen LogP contribution in [0.15, 0.2) is 180 Å². The second kappa shape index (κ2) is 13.0. The molecule has 2 heterocycles. The topological polar surface area (TPSA) is 51.8 Å². The van der Waals surface area contributed by atoms with Crippen LogP contribution in [0.2, 0.25) is 0 Å². The molecule has 1 aliphatic rings. The SMILES string of the molecule is C1=CCCC(c2nc(-c3ccc(-c4ccccc4)c4ccccc34)nc(-c3cccc4oc5cccc(-c6ccccc6-c6ccccc6)c5c34)n2)=C1. The van der Waals surface area contributed by atoms with E-state index in [1.54, 1.807) is 0 Å². The summed E-state index contributed by atoms with van der Waals surface area (Å²) in [5, 5.41) is 4.29. The zero-order chi connectivity index (χ0) is 35.1. The minimum Gasteiger partial charge on any atom is -0.456 e. The third-order valence-corrected chi connectivity index (χ3v) is 10.3. The van der Waals surface area contributed by atoms with Crippen LogP contribution in [0, 0.1) is 0 Å². The van der Waals surface area contributed by atoms with Crippen molar-refractivity contribution in [2.75, 3.05) is 0 Å². The summed E-state index contributed by atoms with van der Waals surface area (Å²) in [6, 6.07) is 55.1. The molecular weight excluding hydrogens is 647 g/mol. The number of furan rings is 1. The molecule has 0 amide bonds. The molecule has 0 N–H and O–H groups in total. The summed E-state index contributed by atoms with van der Waals surface area (Å²) in [5.74, 6) is 1.97. The van der Waals surface area contributed by atoms with Crippen LogP contribution in [0.5, 0.6) is 0 Å². The molecule has 4 heteroatoms. The van der Waals surface area contributed by atoms with Crippen molar-refractivity contribution in [1.29, 1.82) is 0 Å². The van der Waals surface area contributed by atoms with Crippen LogP contribution in [0.25, 0.3) is 94.4 Å². The molecule has 10 rings (SSSR count). The molecule has 0 saturated carbocycles. The van der Waals surface area contributed by atoms with E-state index in [2.05, 4.69) is 164 Å². The average Bonchev–Trinajstić information content (AvgIpc) is 3.63. The van der Waals surface area contributed by atoms with Gasteiger partial charge in [0.25, 0.3) is 0 Å². The van der Waals surface area contributed by atoms with Gasteiger partial charge in [-0.25, -0.2) is 15.0 Å². The van der Waals surface area contributed by atoms with Gasteiger partial charge in [0.2, 0.25) is 0 Å². The van der Waals surface area contributed by atoms with Crippen molar-refractivity contribution in [3.63, 3.8) is 0 Å². The normalized spacial score (nSPS) is 12.8. The van der Waals surface area contributed by atoms with Crippen LogP contribution >= 0.6 is 0 Å². The number of rotatable bonds is 6. The molecule has 0 unspecified atom stereocenters. The van der Waals surface area contributed by atoms with Crippen molar-refractivity contribution in [3.05, 3.63) is 182 Å². The standard InChI is InChI=1S/C49H33N3O/c1-4-16-32(17-5-1)35-22-10-11-24-38(35)40-26-14-28-43-45(40)46-42(27-15-29-44(46)53-43)49-51-47(34-20-8-3-9-21-34)50-48(52-49)41-31-30-36(33-18-6-2-7-19-33)37-23-12-13-25-39(37)41/h1-8,10-20,22-31H,9,21H2. The quantitative estimate of drug-likeness (QED) is 0.175. The van der Waals surface area contributed by atoms with Crippen molar-refractivity contribution in [1.82, 2.24) is 15.0 Å². The number of fused-ring (bicyclic) bond motifs is 4. The van der Waals surface area contributed by atoms with Crippen LogP contribution in [0.3, 0.4) is 0 Å². The van der Waals surface area contributed by atoms with E-state index in [1.807, 2.05) is 12.1 Å². The van der Waals surface area contributed by atoms with Crippen LogP contribution in [-0.4, -0.2) is 15.0 Å². The molecule has 53 heavy (non-hydrogen) atoms. The first kappa shape index (κ1) is 30.9. The van der Waals surface area contributed by atoms with Crippen LogP contribution < -0.4 is 0 Å². The van der Waals surface area contributed by atoms with Gasteiger partial charge in [-0.3, -0.25) is 0 Å². The Bertz CT molecular complexity index is 2890. The Morgan fingerprint density at radius 3 is 1.62 bits per heavy atom. The molecule has 9 aromatic rings. The van der Waals surface area contributed by atoms with Gasteiger partial charge >= 0.3 is 0 Å². The molecular formula is C49H33N3O. The van der Waals surface area contributed by atoms with Gasteiger partial charge in [0.1, 0.15) is 11.2 Å². The van der Waals surface area contributed by atoms with Gasteiger partial charge < -0.3 is 4.42 Å². The second-order valence-electron chi connectivity index (χ2n) is 13.4. The molecule has 0 fully saturated rings. The highest BCUT2D eigenvalue weighted by atomic mass is 16.3. The van der Waals surface area contributed by atoms with Gasteiger partial charge in [-0.15, -0.1) is 0 Å². The van der Waals surface area contributed by atoms with Crippen molar-refractivity contribution in [2.24, 2.45) is 0 Å². The van der Waals surface area contributed by atoms with Crippen LogP contribution in [-0.2, 0) is 0 Å². The molecule has 1 aliphatic carbocycles. The van der Waals surface area contributed by atoms with Gasteiger partial charge in [-0.05, 0) is 80.8 Å². The van der Waals surface area contributed by atoms with E-state index < -0.39 is 0 Å². The summed E-state index contributed by atoms with van der Waals surface area (Å²) in [4.78, 5) is 15.8. The van der Waals surface area contributed by atoms with Crippen LogP contribution in [0.1, 0.15) is 18.7 Å². The van der Waals surface area contributed by atoms with Crippen molar-refractivity contribution < 1.29 is 4.42 Å². The lowest BCUT2D eigenvalue weighted by molar-refractivity contribution is 0.669. The number of aromatic nitrogens is 3. The Kier molecular flexibility index (Phi) is 7.58. The summed E-state index contributed by atoms with van der Waals surface area (Å²) in [6.45, 7) is 0. The fraction of sp³-hybridized carbons (Fsp3) is 0.0408. The number of allylic oxidation sites excluding steroid dienone is 4. The third kappa shape index (κ3) is 5.44. The molecule has 7 aromatic carbocycles. The van der Waals surface area contributed by atoms with Gasteiger partial charge in [-0.1, -0.05) is 158 Å². The zero-order valence-corrected chi connectivity index (χ0v) is 28.9. The summed E-state index contributed by atoms with van der Waals surface area (Å²) in [6.07, 6.45) is 8.24. The fourth-order valence-corrected chi connectivity index (χ4v) is 7.78. The molecule has 0 aliphatic heterocycles. The van der Waals surface area contributed by atoms with E-state index in [9.17, 15) is 0 Å². The molecule has 2 aromatic heterocycles. The third-order valence-electron chi connectivity index (χ3n) is 10.3. The molecule has 250 valence electrons. The molecule has 0 saturated heterocycles. The minimum absolute atomic E-state index is 0.621. The number of hydrogen-bond acceptors (Lipinski definition) is 4. The van der Waals surface area contributed by atoms with Crippen LogP contribution in [0.4, 0.5) is 0 Å². The monoisotopic (exact) mass is 679 g/mol. The van der Waals surface area contributed by atoms with E-state index in [0.717, 1.165) is 73.4 Å². The largest absolute Gasteiger partial charge is 0.456 e. The van der Waals surface area contributed by atoms with E-state index in [-0.39, 0.29) is 0 Å². The number of nitrogens with zero attached hydrogens (tertiary/aromatic N) is 3. The molecule has 0 spiro atoms. The van der Waals surface area contributed by atoms with E-state index in [4.69, 9.17) is 19.4 Å². The van der Waals surface area contributed by atoms with E-state index in [0.29, 0.717) is 17.5 Å². The molecule has 4 nitrogen and oxygen atoms in total. The lowest BCUT2D eigenvalue weighted by Gasteiger charge is -2.15. The maximum absolute atomic E-state index is 6.60. The molecule has 0 radical (unpaired) electrons. The Labute approximate surface area is 307 Å². The van der Waals surface area contributed by atoms with Gasteiger partial charge in [0.05, 0.1) is 0 Å². The first-order valence-electron chi connectivity index (χ1n) is 18.1.